The molecule has 0 aromatic carbocycles. The Hall–Kier alpha value is -1.83. The third kappa shape index (κ3) is 3.98. The van der Waals surface area contributed by atoms with Gasteiger partial charge in [0.15, 0.2) is 0 Å². The van der Waals surface area contributed by atoms with Crippen molar-refractivity contribution in [2.45, 2.75) is 19.5 Å². The Labute approximate surface area is 147 Å². The fraction of sp³-hybridized carbons (Fsp3) is 0.500. The van der Waals surface area contributed by atoms with E-state index in [0.717, 1.165) is 31.2 Å². The molecule has 1 unspecified atom stereocenters. The highest BCUT2D eigenvalue weighted by atomic mass is 35.5. The fourth-order valence-electron chi connectivity index (χ4n) is 2.86. The van der Waals surface area contributed by atoms with Crippen LogP contribution in [0.2, 0.25) is 0 Å². The van der Waals surface area contributed by atoms with Crippen molar-refractivity contribution < 1.29 is 13.9 Å². The number of furan rings is 1. The summed E-state index contributed by atoms with van der Waals surface area (Å²) >= 11 is 0. The maximum atomic E-state index is 11.7. The number of piperazine rings is 1. The van der Waals surface area contributed by atoms with E-state index in [1.807, 2.05) is 30.1 Å². The molecule has 0 saturated carbocycles. The lowest BCUT2D eigenvalue weighted by Gasteiger charge is -2.35. The highest BCUT2D eigenvalue weighted by Gasteiger charge is 2.27. The number of hydrogen-bond acceptors (Lipinski definition) is 6. The van der Waals surface area contributed by atoms with E-state index in [9.17, 15) is 4.79 Å². The number of hydrogen-bond donors (Lipinski definition) is 1. The van der Waals surface area contributed by atoms with Crippen molar-refractivity contribution in [1.29, 1.82) is 0 Å². The lowest BCUT2D eigenvalue weighted by molar-refractivity contribution is 0.0484. The van der Waals surface area contributed by atoms with Gasteiger partial charge in [-0.05, 0) is 19.1 Å². The van der Waals surface area contributed by atoms with E-state index < -0.39 is 5.97 Å². The van der Waals surface area contributed by atoms with Crippen molar-refractivity contribution in [1.82, 2.24) is 19.8 Å². The van der Waals surface area contributed by atoms with Gasteiger partial charge in [-0.15, -0.1) is 12.4 Å². The van der Waals surface area contributed by atoms with Crippen LogP contribution in [-0.2, 0) is 18.3 Å². The van der Waals surface area contributed by atoms with Crippen LogP contribution in [-0.4, -0.2) is 46.7 Å². The van der Waals surface area contributed by atoms with E-state index in [2.05, 4.69) is 15.2 Å². The molecule has 132 valence electrons. The first-order chi connectivity index (χ1) is 11.2. The standard InChI is InChI=1S/C16H22N4O3.ClH/c1-3-22-16(21)14-5-4-12(23-14)11-20-9-6-17-10-13(20)15-18-7-8-19(15)2;/h4-5,7-8,13,17H,3,6,9-11H2,1-2H3;1H. The van der Waals surface area contributed by atoms with Gasteiger partial charge in [-0.25, -0.2) is 9.78 Å². The molecular weight excluding hydrogens is 332 g/mol. The topological polar surface area (TPSA) is 72.5 Å². The van der Waals surface area contributed by atoms with Crippen LogP contribution < -0.4 is 5.32 Å². The van der Waals surface area contributed by atoms with Gasteiger partial charge in [-0.1, -0.05) is 0 Å². The molecule has 0 radical (unpaired) electrons. The molecule has 8 heteroatoms. The molecule has 24 heavy (non-hydrogen) atoms. The molecule has 1 aliphatic heterocycles. The zero-order chi connectivity index (χ0) is 16.2. The predicted molar refractivity (Wildman–Crippen MR) is 91.1 cm³/mol. The number of nitrogens with one attached hydrogen (secondary N) is 1. The molecule has 1 saturated heterocycles. The SMILES string of the molecule is CCOC(=O)c1ccc(CN2CCNCC2c2nccn2C)o1.Cl. The van der Waals surface area contributed by atoms with Gasteiger partial charge >= 0.3 is 5.97 Å². The van der Waals surface area contributed by atoms with Crippen LogP contribution in [0.5, 0.6) is 0 Å². The Balaban J connectivity index is 0.00000208. The summed E-state index contributed by atoms with van der Waals surface area (Å²) in [6.07, 6.45) is 3.77. The number of halogens is 1. The summed E-state index contributed by atoms with van der Waals surface area (Å²) in [5.74, 6) is 1.62. The molecule has 0 bridgehead atoms. The Morgan fingerprint density at radius 1 is 1.50 bits per heavy atom. The number of nitrogens with zero attached hydrogens (tertiary/aromatic N) is 3. The predicted octanol–water partition coefficient (Wildman–Crippen LogP) is 1.76. The van der Waals surface area contributed by atoms with Crippen LogP contribution in [0.25, 0.3) is 0 Å². The minimum absolute atomic E-state index is 0. The number of aromatic nitrogens is 2. The zero-order valence-corrected chi connectivity index (χ0v) is 14.7. The summed E-state index contributed by atoms with van der Waals surface area (Å²) in [6.45, 7) is 5.42. The molecule has 3 heterocycles. The molecule has 1 fully saturated rings. The number of esters is 1. The number of imidazole rings is 1. The minimum Gasteiger partial charge on any atom is -0.460 e. The van der Waals surface area contributed by atoms with Crippen LogP contribution in [0, 0.1) is 0 Å². The van der Waals surface area contributed by atoms with Gasteiger partial charge in [-0.3, -0.25) is 4.90 Å². The molecule has 1 N–H and O–H groups in total. The highest BCUT2D eigenvalue weighted by Crippen LogP contribution is 2.23. The molecule has 1 aliphatic rings. The first-order valence-corrected chi connectivity index (χ1v) is 7.87. The lowest BCUT2D eigenvalue weighted by Crippen LogP contribution is -2.46. The van der Waals surface area contributed by atoms with E-state index in [-0.39, 0.29) is 24.2 Å². The number of carbonyl (C=O) groups excluding carboxylic acids is 1. The second-order valence-electron chi connectivity index (χ2n) is 5.57. The van der Waals surface area contributed by atoms with Crippen molar-refractivity contribution in [3.8, 4) is 0 Å². The van der Waals surface area contributed by atoms with Crippen molar-refractivity contribution in [3.63, 3.8) is 0 Å². The third-order valence-electron chi connectivity index (χ3n) is 4.01. The van der Waals surface area contributed by atoms with Crippen LogP contribution in [0.3, 0.4) is 0 Å². The molecule has 3 rings (SSSR count). The first kappa shape index (κ1) is 18.5. The highest BCUT2D eigenvalue weighted by molar-refractivity contribution is 5.86. The summed E-state index contributed by atoms with van der Waals surface area (Å²) < 4.78 is 12.6. The third-order valence-corrected chi connectivity index (χ3v) is 4.01. The molecule has 2 aromatic heterocycles. The number of carbonyl (C=O) groups is 1. The smallest absolute Gasteiger partial charge is 0.374 e. The van der Waals surface area contributed by atoms with Crippen molar-refractivity contribution in [2.24, 2.45) is 7.05 Å². The molecule has 0 spiro atoms. The fourth-order valence-corrected chi connectivity index (χ4v) is 2.86. The maximum absolute atomic E-state index is 11.7. The van der Waals surface area contributed by atoms with Gasteiger partial charge in [-0.2, -0.15) is 0 Å². The second kappa shape index (κ2) is 8.32. The molecular formula is C16H23ClN4O3. The van der Waals surface area contributed by atoms with Gasteiger partial charge in [0.1, 0.15) is 11.6 Å². The van der Waals surface area contributed by atoms with E-state index >= 15 is 0 Å². The zero-order valence-electron chi connectivity index (χ0n) is 13.9. The largest absolute Gasteiger partial charge is 0.460 e. The Kier molecular flexibility index (Phi) is 6.42. The molecule has 2 aromatic rings. The summed E-state index contributed by atoms with van der Waals surface area (Å²) in [7, 11) is 2.00. The van der Waals surface area contributed by atoms with Crippen molar-refractivity contribution in [3.05, 3.63) is 41.9 Å². The van der Waals surface area contributed by atoms with Gasteiger partial charge in [0.05, 0.1) is 19.2 Å². The molecule has 0 amide bonds. The number of aryl methyl sites for hydroxylation is 1. The van der Waals surface area contributed by atoms with Gasteiger partial charge in [0.25, 0.3) is 0 Å². The van der Waals surface area contributed by atoms with Crippen LogP contribution >= 0.6 is 12.4 Å². The van der Waals surface area contributed by atoms with Crippen LogP contribution in [0.15, 0.2) is 28.9 Å². The molecule has 7 nitrogen and oxygen atoms in total. The average molecular weight is 355 g/mol. The van der Waals surface area contributed by atoms with Gasteiger partial charge in [0.2, 0.25) is 5.76 Å². The Morgan fingerprint density at radius 3 is 3.04 bits per heavy atom. The van der Waals surface area contributed by atoms with E-state index in [1.165, 1.54) is 0 Å². The monoisotopic (exact) mass is 354 g/mol. The summed E-state index contributed by atoms with van der Waals surface area (Å²) in [6, 6.07) is 3.69. The summed E-state index contributed by atoms with van der Waals surface area (Å²) in [4.78, 5) is 18.5. The van der Waals surface area contributed by atoms with Crippen LogP contribution in [0.4, 0.5) is 0 Å². The van der Waals surface area contributed by atoms with Crippen molar-refractivity contribution in [2.75, 3.05) is 26.2 Å². The van der Waals surface area contributed by atoms with Gasteiger partial charge in [0, 0.05) is 39.1 Å². The number of rotatable bonds is 5. The Bertz CT molecular complexity index is 670. The minimum atomic E-state index is -0.417. The maximum Gasteiger partial charge on any atom is 0.374 e. The normalized spacial score (nSPS) is 18.2. The van der Waals surface area contributed by atoms with E-state index in [1.54, 1.807) is 13.0 Å². The first-order valence-electron chi connectivity index (χ1n) is 7.87. The van der Waals surface area contributed by atoms with E-state index in [0.29, 0.717) is 13.2 Å². The lowest BCUT2D eigenvalue weighted by atomic mass is 10.1. The quantitative estimate of drug-likeness (QED) is 0.825. The Morgan fingerprint density at radius 2 is 2.33 bits per heavy atom. The van der Waals surface area contributed by atoms with Crippen molar-refractivity contribution >= 4 is 18.4 Å². The van der Waals surface area contributed by atoms with E-state index in [4.69, 9.17) is 9.15 Å². The van der Waals surface area contributed by atoms with Gasteiger partial charge < -0.3 is 19.0 Å². The molecule has 1 atom stereocenters. The van der Waals surface area contributed by atoms with Crippen LogP contribution in [0.1, 0.15) is 35.1 Å². The molecule has 0 aliphatic carbocycles. The average Bonchev–Trinajstić information content (AvgIpc) is 3.17. The summed E-state index contributed by atoms with van der Waals surface area (Å²) in [5, 5.41) is 3.41. The summed E-state index contributed by atoms with van der Waals surface area (Å²) in [5.41, 5.74) is 0. The number of ether oxygens (including phenoxy) is 1. The second-order valence-corrected chi connectivity index (χ2v) is 5.57.